The number of likely N-dealkylation sites (tertiary alicyclic amines) is 1. The first-order valence-corrected chi connectivity index (χ1v) is 24.9. The van der Waals surface area contributed by atoms with Crippen molar-refractivity contribution in [3.63, 3.8) is 0 Å². The number of carbonyl (C=O) groups is 6. The van der Waals surface area contributed by atoms with E-state index in [1.54, 1.807) is 64.6 Å². The molecule has 3 rings (SSSR count). The average molecular weight is 1010 g/mol. The third-order valence-corrected chi connectivity index (χ3v) is 14.2. The predicted octanol–water partition coefficient (Wildman–Crippen LogP) is 7.78. The highest BCUT2D eigenvalue weighted by molar-refractivity contribution is 7.09. The number of alkyl halides is 3. The number of halogens is 3. The molecule has 0 saturated carbocycles. The summed E-state index contributed by atoms with van der Waals surface area (Å²) in [5.74, 6) is -4.56. The van der Waals surface area contributed by atoms with Gasteiger partial charge in [0.2, 0.25) is 11.8 Å². The van der Waals surface area contributed by atoms with Gasteiger partial charge in [0.15, 0.2) is 0 Å². The van der Waals surface area contributed by atoms with Crippen LogP contribution in [0.1, 0.15) is 117 Å². The second-order valence-corrected chi connectivity index (χ2v) is 20.9. The van der Waals surface area contributed by atoms with Crippen molar-refractivity contribution in [2.45, 2.75) is 144 Å². The molecule has 1 aromatic carbocycles. The number of aliphatic carboxylic acids is 2. The molecule has 0 bridgehead atoms. The molecule has 0 aliphatic carbocycles. The van der Waals surface area contributed by atoms with Crippen LogP contribution in [0.2, 0.25) is 0 Å². The van der Waals surface area contributed by atoms with E-state index in [9.17, 15) is 37.1 Å². The summed E-state index contributed by atoms with van der Waals surface area (Å²) in [4.78, 5) is 83.4. The van der Waals surface area contributed by atoms with Crippen LogP contribution in [0.3, 0.4) is 0 Å². The van der Waals surface area contributed by atoms with Crippen LogP contribution in [0.25, 0.3) is 0 Å². The first-order chi connectivity index (χ1) is 32.6. The Labute approximate surface area is 418 Å². The molecular formula is C51H82F3N5O10S. The summed E-state index contributed by atoms with van der Waals surface area (Å²) in [7, 11) is 8.59. The summed E-state index contributed by atoms with van der Waals surface area (Å²) in [6, 6.07) is 9.54. The standard InChI is InChI=1S/C43H68N4O6S.C6H13NO2.C2HF3O2/c1-12-29(4)39(46(9)42(51)33(28(2)3)25-37(49)43(6,7)27-44-8)36(52-10)26-38(50)47-21-16-19-34(47)40(53-11)30(5)35(48)24-32(41-45-20-22-54-41)23-31-17-14-13-15-18-31;1-6(2,4-7-3)5(8)9;3-2(4,5)1(6)7/h13-15,17-18,20,22,28-30,32-34,36,39-40,44H,12,16,19,21,23-27H2,1-11H3;7H,4H2,1-3H3,(H,8,9);(H,6,7)/t29-,30-,32+,33-,34-,36+,39-,40+;;/m0../s1. The summed E-state index contributed by atoms with van der Waals surface area (Å²) >= 11 is 1.57. The Kier molecular flexibility index (Phi) is 27.2. The number of methoxy groups -OCH3 is 2. The van der Waals surface area contributed by atoms with Crippen LogP contribution in [-0.2, 0) is 44.7 Å². The Morgan fingerprint density at radius 1 is 0.886 bits per heavy atom. The Balaban J connectivity index is 0.00000130. The SMILES string of the molecule is CC[C@H](C)[C@@H]([C@@H](CC(=O)N1CCC[C@H]1[C@H](OC)[C@@H](C)C(=O)C[C@@H](Cc1ccccc1)c1nccs1)OC)N(C)C(=O)[C@@H](CC(=O)C(C)(C)CNC)C(C)C.CNCC(C)(C)C(=O)O.O=C(O)C(F)(F)F. The number of ether oxygens (including phenoxy) is 2. The molecule has 2 heterocycles. The lowest BCUT2D eigenvalue weighted by molar-refractivity contribution is -0.192. The van der Waals surface area contributed by atoms with Gasteiger partial charge in [-0.2, -0.15) is 13.2 Å². The fraction of sp³-hybridized carbons (Fsp3) is 0.706. The summed E-state index contributed by atoms with van der Waals surface area (Å²) < 4.78 is 43.9. The summed E-state index contributed by atoms with van der Waals surface area (Å²) in [5, 5.41) is 24.5. The van der Waals surface area contributed by atoms with E-state index in [1.807, 2.05) is 70.1 Å². The summed E-state index contributed by atoms with van der Waals surface area (Å²) in [6.45, 7) is 18.8. The van der Waals surface area contributed by atoms with Crippen LogP contribution in [0.15, 0.2) is 41.9 Å². The Hall–Kier alpha value is -4.30. The van der Waals surface area contributed by atoms with Gasteiger partial charge >= 0.3 is 18.1 Å². The van der Waals surface area contributed by atoms with E-state index >= 15 is 0 Å². The summed E-state index contributed by atoms with van der Waals surface area (Å²) in [5.41, 5.74) is -0.0846. The molecule has 1 aromatic heterocycles. The van der Waals surface area contributed by atoms with Crippen molar-refractivity contribution in [2.24, 2.45) is 34.5 Å². The average Bonchev–Trinajstić information content (AvgIpc) is 4.02. The number of carbonyl (C=O) groups excluding carboxylic acids is 4. The number of nitrogens with zero attached hydrogens (tertiary/aromatic N) is 3. The lowest BCUT2D eigenvalue weighted by atomic mass is 9.79. The molecule has 0 unspecified atom stereocenters. The second-order valence-electron chi connectivity index (χ2n) is 19.9. The molecule has 8 atom stereocenters. The molecule has 1 aliphatic heterocycles. The number of aromatic nitrogens is 1. The number of hydrogen-bond donors (Lipinski definition) is 4. The number of amides is 2. The van der Waals surface area contributed by atoms with Crippen molar-refractivity contribution in [3.05, 3.63) is 52.5 Å². The van der Waals surface area contributed by atoms with Crippen LogP contribution in [0.4, 0.5) is 13.2 Å². The maximum Gasteiger partial charge on any atom is 0.490 e. The van der Waals surface area contributed by atoms with Crippen LogP contribution in [0, 0.1) is 34.5 Å². The number of nitrogens with one attached hydrogen (secondary N) is 2. The van der Waals surface area contributed by atoms with Gasteiger partial charge < -0.3 is 40.1 Å². The van der Waals surface area contributed by atoms with Crippen LogP contribution in [0.5, 0.6) is 0 Å². The monoisotopic (exact) mass is 1010 g/mol. The van der Waals surface area contributed by atoms with E-state index in [0.29, 0.717) is 32.5 Å². The fourth-order valence-electron chi connectivity index (χ4n) is 8.75. The minimum atomic E-state index is -5.08. The van der Waals surface area contributed by atoms with Crippen molar-refractivity contribution in [2.75, 3.05) is 55.0 Å². The zero-order valence-electron chi connectivity index (χ0n) is 43.9. The van der Waals surface area contributed by atoms with Gasteiger partial charge in [-0.25, -0.2) is 9.78 Å². The van der Waals surface area contributed by atoms with E-state index in [0.717, 1.165) is 29.8 Å². The smallest absolute Gasteiger partial charge is 0.481 e. The lowest BCUT2D eigenvalue weighted by Crippen LogP contribution is -2.54. The van der Waals surface area contributed by atoms with Gasteiger partial charge in [-0.1, -0.05) is 85.2 Å². The maximum atomic E-state index is 14.3. The van der Waals surface area contributed by atoms with Gasteiger partial charge in [0.05, 0.1) is 41.1 Å². The second kappa shape index (κ2) is 29.9. The molecule has 1 aliphatic rings. The zero-order valence-corrected chi connectivity index (χ0v) is 44.7. The third-order valence-electron chi connectivity index (χ3n) is 13.3. The van der Waals surface area contributed by atoms with Gasteiger partial charge in [-0.3, -0.25) is 24.0 Å². The van der Waals surface area contributed by atoms with E-state index in [4.69, 9.17) is 24.5 Å². The van der Waals surface area contributed by atoms with Crippen LogP contribution in [-0.4, -0.2) is 146 Å². The summed E-state index contributed by atoms with van der Waals surface area (Å²) in [6.07, 6.45) is -0.712. The molecule has 4 N–H and O–H groups in total. The zero-order chi connectivity index (χ0) is 53.7. The van der Waals surface area contributed by atoms with E-state index in [-0.39, 0.29) is 66.1 Å². The number of rotatable bonds is 26. The molecule has 0 radical (unpaired) electrons. The molecule has 2 aromatic rings. The minimum absolute atomic E-state index is 0.0290. The van der Waals surface area contributed by atoms with Gasteiger partial charge in [0.25, 0.3) is 0 Å². The highest BCUT2D eigenvalue weighted by Gasteiger charge is 2.44. The van der Waals surface area contributed by atoms with Gasteiger partial charge in [0.1, 0.15) is 11.6 Å². The van der Waals surface area contributed by atoms with Crippen molar-refractivity contribution in [3.8, 4) is 0 Å². The first-order valence-electron chi connectivity index (χ1n) is 24.0. The molecule has 15 nitrogen and oxygen atoms in total. The van der Waals surface area contributed by atoms with Crippen molar-refractivity contribution in [1.29, 1.82) is 0 Å². The minimum Gasteiger partial charge on any atom is -0.481 e. The third kappa shape index (κ3) is 19.7. The molecule has 0 spiro atoms. The number of thiazole rings is 1. The molecule has 1 saturated heterocycles. The highest BCUT2D eigenvalue weighted by Crippen LogP contribution is 2.34. The maximum absolute atomic E-state index is 14.3. The molecular weight excluding hydrogens is 932 g/mol. The van der Waals surface area contributed by atoms with Gasteiger partial charge in [-0.15, -0.1) is 11.3 Å². The Morgan fingerprint density at radius 3 is 1.90 bits per heavy atom. The quantitative estimate of drug-likeness (QED) is 0.0712. The topological polar surface area (TPSA) is 205 Å². The lowest BCUT2D eigenvalue weighted by Gasteiger charge is -2.41. The first kappa shape index (κ1) is 63.7. The molecule has 19 heteroatoms. The number of hydrogen-bond acceptors (Lipinski definition) is 12. The van der Waals surface area contributed by atoms with E-state index in [1.165, 1.54) is 0 Å². The number of carboxylic acid groups (broad SMARTS) is 2. The molecule has 2 amide bonds. The number of likely N-dealkylation sites (N-methyl/N-ethyl adjacent to an activating group) is 1. The molecule has 398 valence electrons. The van der Waals surface area contributed by atoms with Gasteiger partial charge in [-0.05, 0) is 64.6 Å². The van der Waals surface area contributed by atoms with Crippen LogP contribution >= 0.6 is 11.3 Å². The van der Waals surface area contributed by atoms with Crippen molar-refractivity contribution >= 4 is 46.7 Å². The number of ketones is 2. The number of benzene rings is 1. The normalized spacial score (nSPS) is 17.1. The number of carboxylic acids is 2. The van der Waals surface area contributed by atoms with Crippen molar-refractivity contribution in [1.82, 2.24) is 25.4 Å². The fourth-order valence-corrected chi connectivity index (χ4v) is 9.50. The Bertz CT molecular complexity index is 1920. The van der Waals surface area contributed by atoms with Crippen LogP contribution < -0.4 is 10.6 Å². The number of Topliss-reactive ketones (excluding diaryl/α,β-unsaturated/α-hetero) is 2. The predicted molar refractivity (Wildman–Crippen MR) is 265 cm³/mol. The Morgan fingerprint density at radius 2 is 1.46 bits per heavy atom. The molecule has 70 heavy (non-hydrogen) atoms. The molecule has 1 fully saturated rings. The van der Waals surface area contributed by atoms with E-state index in [2.05, 4.69) is 41.6 Å². The highest BCUT2D eigenvalue weighted by atomic mass is 32.1. The van der Waals surface area contributed by atoms with E-state index < -0.39 is 53.0 Å². The largest absolute Gasteiger partial charge is 0.490 e. The van der Waals surface area contributed by atoms with Crippen molar-refractivity contribution < 1.29 is 61.6 Å². The van der Waals surface area contributed by atoms with Gasteiger partial charge in [0, 0.05) is 88.5 Å².